The van der Waals surface area contributed by atoms with Gasteiger partial charge in [-0.15, -0.1) is 0 Å². The molecule has 0 aromatic carbocycles. The van der Waals surface area contributed by atoms with Crippen LogP contribution in [0.4, 0.5) is 0 Å². The predicted octanol–water partition coefficient (Wildman–Crippen LogP) is 7.24. The molecule has 0 amide bonds. The van der Waals surface area contributed by atoms with Crippen LogP contribution in [0, 0.1) is 11.8 Å². The lowest BCUT2D eigenvalue weighted by Crippen LogP contribution is -2.30. The highest BCUT2D eigenvalue weighted by molar-refractivity contribution is 7.53. The first-order valence-corrected chi connectivity index (χ1v) is 16.2. The van der Waals surface area contributed by atoms with E-state index in [2.05, 4.69) is 20.8 Å². The zero-order chi connectivity index (χ0) is 27.2. The fourth-order valence-electron chi connectivity index (χ4n) is 4.27. The maximum Gasteiger partial charge on any atom is 0.332 e. The van der Waals surface area contributed by atoms with Crippen LogP contribution in [0.5, 0.6) is 0 Å². The Bertz CT molecular complexity index is 576. The van der Waals surface area contributed by atoms with Gasteiger partial charge in [-0.05, 0) is 31.6 Å². The molecule has 7 nitrogen and oxygen atoms in total. The normalized spacial score (nSPS) is 16.8. The smallest absolute Gasteiger partial charge is 0.332 e. The molecular formula is C28H58NO6P. The molecule has 0 saturated carbocycles. The number of carbonyl (C=O) groups excluding carboxylic acids is 1. The molecular weight excluding hydrogens is 477 g/mol. The van der Waals surface area contributed by atoms with Crippen molar-refractivity contribution in [3.63, 3.8) is 0 Å². The first-order chi connectivity index (χ1) is 17.2. The van der Waals surface area contributed by atoms with E-state index in [0.29, 0.717) is 31.3 Å². The fourth-order valence-corrected chi connectivity index (χ4v) is 5.17. The molecule has 0 aliphatic carbocycles. The van der Waals surface area contributed by atoms with Gasteiger partial charge in [-0.1, -0.05) is 98.3 Å². The van der Waals surface area contributed by atoms with Crippen molar-refractivity contribution < 1.29 is 28.3 Å². The van der Waals surface area contributed by atoms with Gasteiger partial charge >= 0.3 is 13.6 Å². The zero-order valence-electron chi connectivity index (χ0n) is 24.1. The Balaban J connectivity index is 4.17. The van der Waals surface area contributed by atoms with Gasteiger partial charge in [0.05, 0.1) is 18.9 Å². The predicted molar refractivity (Wildman–Crippen MR) is 149 cm³/mol. The van der Waals surface area contributed by atoms with Gasteiger partial charge < -0.3 is 24.6 Å². The highest BCUT2D eigenvalue weighted by Gasteiger charge is 2.29. The minimum Gasteiger partial charge on any atom is -0.457 e. The van der Waals surface area contributed by atoms with E-state index in [9.17, 15) is 14.3 Å². The van der Waals surface area contributed by atoms with Crippen LogP contribution in [0.25, 0.3) is 0 Å². The molecule has 0 saturated heterocycles. The molecule has 0 aromatic heterocycles. The third kappa shape index (κ3) is 19.6. The third-order valence-corrected chi connectivity index (χ3v) is 8.50. The Labute approximate surface area is 222 Å². The highest BCUT2D eigenvalue weighted by Crippen LogP contribution is 2.46. The van der Waals surface area contributed by atoms with E-state index in [1.807, 2.05) is 6.92 Å². The van der Waals surface area contributed by atoms with E-state index in [-0.39, 0.29) is 25.7 Å². The summed E-state index contributed by atoms with van der Waals surface area (Å²) in [5.41, 5.74) is 4.81. The Kier molecular flexibility index (Phi) is 22.2. The molecule has 0 aliphatic heterocycles. The first-order valence-electron chi connectivity index (χ1n) is 14.6. The number of esters is 1. The minimum absolute atomic E-state index is 0.0411. The SMILES string of the molecule is CCCCCCCCCCCCC(C)CC(C)COCC(COP(=O)(O)C(C)CN)OC(=O)CCC. The summed E-state index contributed by atoms with van der Waals surface area (Å²) >= 11 is 0. The number of carbonyl (C=O) groups is 1. The lowest BCUT2D eigenvalue weighted by Gasteiger charge is -2.23. The molecule has 0 aromatic rings. The molecule has 5 unspecified atom stereocenters. The molecule has 36 heavy (non-hydrogen) atoms. The summed E-state index contributed by atoms with van der Waals surface area (Å²) in [6, 6.07) is 0. The van der Waals surface area contributed by atoms with E-state index in [1.165, 1.54) is 70.6 Å². The monoisotopic (exact) mass is 535 g/mol. The van der Waals surface area contributed by atoms with Crippen LogP contribution in [0.3, 0.4) is 0 Å². The van der Waals surface area contributed by atoms with Crippen molar-refractivity contribution in [2.45, 2.75) is 136 Å². The van der Waals surface area contributed by atoms with Gasteiger partial charge in [0, 0.05) is 19.6 Å². The summed E-state index contributed by atoms with van der Waals surface area (Å²) in [7, 11) is -3.86. The van der Waals surface area contributed by atoms with Crippen molar-refractivity contribution in [3.05, 3.63) is 0 Å². The standard InChI is InChI=1S/C28H58NO6P/c1-6-8-9-10-11-12-13-14-15-16-18-24(3)19-25(4)21-33-22-27(35-28(30)17-7-2)23-34-36(31,32)26(5)20-29/h24-27H,6-23,29H2,1-5H3,(H,31,32). The lowest BCUT2D eigenvalue weighted by atomic mass is 9.93. The second-order valence-corrected chi connectivity index (χ2v) is 13.0. The summed E-state index contributed by atoms with van der Waals surface area (Å²) in [6.45, 7) is 10.8. The topological polar surface area (TPSA) is 108 Å². The van der Waals surface area contributed by atoms with Gasteiger partial charge in [0.25, 0.3) is 0 Å². The Hall–Kier alpha value is -0.460. The van der Waals surface area contributed by atoms with Crippen LogP contribution in [-0.2, 0) is 23.4 Å². The van der Waals surface area contributed by atoms with Crippen molar-refractivity contribution in [3.8, 4) is 0 Å². The second kappa shape index (κ2) is 22.5. The number of hydrogen-bond donors (Lipinski definition) is 2. The molecule has 0 fully saturated rings. The molecule has 216 valence electrons. The number of hydrogen-bond acceptors (Lipinski definition) is 6. The van der Waals surface area contributed by atoms with Crippen LogP contribution in [0.2, 0.25) is 0 Å². The van der Waals surface area contributed by atoms with Crippen LogP contribution in [-0.4, -0.2) is 49.0 Å². The van der Waals surface area contributed by atoms with Crippen LogP contribution < -0.4 is 5.73 Å². The molecule has 0 radical (unpaired) electrons. The van der Waals surface area contributed by atoms with Gasteiger partial charge in [-0.2, -0.15) is 0 Å². The molecule has 5 atom stereocenters. The minimum atomic E-state index is -3.86. The van der Waals surface area contributed by atoms with Crippen molar-refractivity contribution in [2.75, 3.05) is 26.4 Å². The number of nitrogens with two attached hydrogens (primary N) is 1. The summed E-state index contributed by atoms with van der Waals surface area (Å²) in [4.78, 5) is 22.0. The molecule has 0 heterocycles. The van der Waals surface area contributed by atoms with Gasteiger partial charge in [-0.3, -0.25) is 9.36 Å². The van der Waals surface area contributed by atoms with Gasteiger partial charge in [0.2, 0.25) is 0 Å². The molecule has 8 heteroatoms. The summed E-state index contributed by atoms with van der Waals surface area (Å²) in [6.07, 6.45) is 16.2. The second-order valence-electron chi connectivity index (χ2n) is 10.8. The molecule has 0 spiro atoms. The van der Waals surface area contributed by atoms with Crippen molar-refractivity contribution >= 4 is 13.6 Å². The Morgan fingerprint density at radius 3 is 1.97 bits per heavy atom. The van der Waals surface area contributed by atoms with E-state index < -0.39 is 19.4 Å². The number of ether oxygens (including phenoxy) is 2. The van der Waals surface area contributed by atoms with E-state index in [4.69, 9.17) is 19.7 Å². The van der Waals surface area contributed by atoms with Crippen LogP contribution >= 0.6 is 7.60 Å². The average molecular weight is 536 g/mol. The van der Waals surface area contributed by atoms with Crippen molar-refractivity contribution in [2.24, 2.45) is 17.6 Å². The summed E-state index contributed by atoms with van der Waals surface area (Å²) in [5, 5.41) is 0. The zero-order valence-corrected chi connectivity index (χ0v) is 24.9. The lowest BCUT2D eigenvalue weighted by molar-refractivity contribution is -0.154. The molecule has 0 rings (SSSR count). The highest BCUT2D eigenvalue weighted by atomic mass is 31.2. The van der Waals surface area contributed by atoms with E-state index >= 15 is 0 Å². The van der Waals surface area contributed by atoms with Crippen LogP contribution in [0.1, 0.15) is 125 Å². The Morgan fingerprint density at radius 2 is 1.42 bits per heavy atom. The van der Waals surface area contributed by atoms with E-state index in [0.717, 1.165) is 6.42 Å². The maximum atomic E-state index is 12.2. The van der Waals surface area contributed by atoms with Gasteiger partial charge in [0.15, 0.2) is 0 Å². The fraction of sp³-hybridized carbons (Fsp3) is 0.964. The maximum absolute atomic E-state index is 12.2. The van der Waals surface area contributed by atoms with Crippen molar-refractivity contribution in [1.29, 1.82) is 0 Å². The summed E-state index contributed by atoms with van der Waals surface area (Å²) < 4.78 is 28.7. The molecule has 0 bridgehead atoms. The van der Waals surface area contributed by atoms with Crippen molar-refractivity contribution in [1.82, 2.24) is 0 Å². The molecule has 0 aliphatic rings. The van der Waals surface area contributed by atoms with Crippen LogP contribution in [0.15, 0.2) is 0 Å². The van der Waals surface area contributed by atoms with E-state index in [1.54, 1.807) is 6.92 Å². The first kappa shape index (κ1) is 35.5. The Morgan fingerprint density at radius 1 is 0.833 bits per heavy atom. The number of rotatable bonds is 25. The number of unbranched alkanes of at least 4 members (excludes halogenated alkanes) is 9. The average Bonchev–Trinajstić information content (AvgIpc) is 2.83. The van der Waals surface area contributed by atoms with Gasteiger partial charge in [-0.25, -0.2) is 0 Å². The van der Waals surface area contributed by atoms with Gasteiger partial charge in [0.1, 0.15) is 6.10 Å². The summed E-state index contributed by atoms with van der Waals surface area (Å²) in [5.74, 6) is 0.682. The third-order valence-electron chi connectivity index (χ3n) is 6.66. The quantitative estimate of drug-likeness (QED) is 0.0720. The molecule has 3 N–H and O–H groups in total. The largest absolute Gasteiger partial charge is 0.457 e.